The summed E-state index contributed by atoms with van der Waals surface area (Å²) in [6, 6.07) is 26.5. The molecule has 0 aliphatic heterocycles. The van der Waals surface area contributed by atoms with E-state index in [0.717, 1.165) is 16.1 Å². The molecule has 0 heterocycles. The van der Waals surface area contributed by atoms with Gasteiger partial charge in [0.15, 0.2) is 5.78 Å². The lowest BCUT2D eigenvalue weighted by Gasteiger charge is -2.07. The Kier molecular flexibility index (Phi) is 6.23. The van der Waals surface area contributed by atoms with E-state index in [0.29, 0.717) is 17.7 Å². The number of rotatable bonds is 7. The number of hydrogen-bond acceptors (Lipinski definition) is 3. The number of hydrogen-bond donors (Lipinski definition) is 1. The molecule has 0 saturated heterocycles. The smallest absolute Gasteiger partial charge is 0.228 e. The van der Waals surface area contributed by atoms with Gasteiger partial charge in [0, 0.05) is 16.1 Å². The second-order valence-electron chi connectivity index (χ2n) is 5.82. The van der Waals surface area contributed by atoms with E-state index in [4.69, 9.17) is 0 Å². The zero-order chi connectivity index (χ0) is 18.2. The van der Waals surface area contributed by atoms with Gasteiger partial charge < -0.3 is 5.32 Å². The summed E-state index contributed by atoms with van der Waals surface area (Å²) in [5.74, 6) is 0.402. The van der Waals surface area contributed by atoms with Gasteiger partial charge in [0.1, 0.15) is 0 Å². The van der Waals surface area contributed by atoms with Crippen molar-refractivity contribution in [2.45, 2.75) is 11.3 Å². The second kappa shape index (κ2) is 9.02. The number of ketones is 1. The predicted octanol–water partition coefficient (Wildman–Crippen LogP) is 4.84. The van der Waals surface area contributed by atoms with Gasteiger partial charge >= 0.3 is 0 Å². The highest BCUT2D eigenvalue weighted by Gasteiger charge is 2.08. The molecule has 130 valence electrons. The molecule has 3 rings (SSSR count). The Morgan fingerprint density at radius 2 is 1.50 bits per heavy atom. The maximum atomic E-state index is 12.2. The topological polar surface area (TPSA) is 46.2 Å². The van der Waals surface area contributed by atoms with Crippen LogP contribution in [0.5, 0.6) is 0 Å². The fourth-order valence-corrected chi connectivity index (χ4v) is 3.36. The maximum absolute atomic E-state index is 12.2. The van der Waals surface area contributed by atoms with Crippen molar-refractivity contribution in [3.05, 3.63) is 96.1 Å². The molecule has 3 aromatic carbocycles. The van der Waals surface area contributed by atoms with E-state index >= 15 is 0 Å². The summed E-state index contributed by atoms with van der Waals surface area (Å²) in [5, 5.41) is 2.91. The molecule has 0 bridgehead atoms. The number of anilines is 1. The number of amides is 1. The lowest BCUT2D eigenvalue weighted by atomic mass is 10.1. The van der Waals surface area contributed by atoms with Crippen LogP contribution >= 0.6 is 11.8 Å². The third-order valence-corrected chi connectivity index (χ3v) is 4.78. The maximum Gasteiger partial charge on any atom is 0.228 e. The number of thioether (sulfide) groups is 1. The van der Waals surface area contributed by atoms with E-state index in [2.05, 4.69) is 5.32 Å². The second-order valence-corrected chi connectivity index (χ2v) is 6.87. The van der Waals surface area contributed by atoms with Crippen LogP contribution in [0.4, 0.5) is 5.69 Å². The molecule has 0 atom stereocenters. The third kappa shape index (κ3) is 5.33. The van der Waals surface area contributed by atoms with Crippen LogP contribution in [0.1, 0.15) is 15.9 Å². The lowest BCUT2D eigenvalue weighted by Crippen LogP contribution is -2.14. The molecule has 26 heavy (non-hydrogen) atoms. The molecule has 0 radical (unpaired) electrons. The summed E-state index contributed by atoms with van der Waals surface area (Å²) in [6.07, 6.45) is 0.338. The SMILES string of the molecule is O=C(Cc1ccccc1)Nc1cccc(SCC(=O)c2ccccc2)c1. The fourth-order valence-electron chi connectivity index (χ4n) is 2.51. The first kappa shape index (κ1) is 18.0. The molecular formula is C22H19NO2S. The summed E-state index contributed by atoms with van der Waals surface area (Å²) < 4.78 is 0. The molecule has 1 N–H and O–H groups in total. The van der Waals surface area contributed by atoms with Gasteiger partial charge in [-0.15, -0.1) is 11.8 Å². The van der Waals surface area contributed by atoms with Crippen molar-refractivity contribution in [3.63, 3.8) is 0 Å². The standard InChI is InChI=1S/C22H19NO2S/c24-21(18-10-5-2-6-11-18)16-26-20-13-7-12-19(15-20)23-22(25)14-17-8-3-1-4-9-17/h1-13,15H,14,16H2,(H,23,25). The van der Waals surface area contributed by atoms with Crippen molar-refractivity contribution in [1.29, 1.82) is 0 Å². The minimum Gasteiger partial charge on any atom is -0.326 e. The van der Waals surface area contributed by atoms with E-state index in [1.54, 1.807) is 0 Å². The molecule has 0 aliphatic rings. The van der Waals surface area contributed by atoms with Crippen molar-refractivity contribution < 1.29 is 9.59 Å². The monoisotopic (exact) mass is 361 g/mol. The predicted molar refractivity (Wildman–Crippen MR) is 107 cm³/mol. The molecule has 0 unspecified atom stereocenters. The van der Waals surface area contributed by atoms with E-state index in [-0.39, 0.29) is 11.7 Å². The first-order chi connectivity index (χ1) is 12.7. The van der Waals surface area contributed by atoms with Gasteiger partial charge in [-0.05, 0) is 23.8 Å². The molecule has 4 heteroatoms. The van der Waals surface area contributed by atoms with E-state index in [9.17, 15) is 9.59 Å². The summed E-state index contributed by atoms with van der Waals surface area (Å²) in [6.45, 7) is 0. The zero-order valence-corrected chi connectivity index (χ0v) is 15.0. The summed E-state index contributed by atoms with van der Waals surface area (Å²) >= 11 is 1.47. The van der Waals surface area contributed by atoms with Gasteiger partial charge in [-0.2, -0.15) is 0 Å². The van der Waals surface area contributed by atoms with Crippen molar-refractivity contribution in [2.24, 2.45) is 0 Å². The molecule has 3 aromatic rings. The largest absolute Gasteiger partial charge is 0.326 e. The van der Waals surface area contributed by atoms with Crippen LogP contribution in [0.2, 0.25) is 0 Å². The molecule has 0 saturated carbocycles. The first-order valence-electron chi connectivity index (χ1n) is 8.35. The molecule has 0 aliphatic carbocycles. The van der Waals surface area contributed by atoms with E-state index in [1.165, 1.54) is 11.8 Å². The molecule has 0 fully saturated rings. The molecule has 3 nitrogen and oxygen atoms in total. The number of carbonyl (C=O) groups excluding carboxylic acids is 2. The summed E-state index contributed by atoms with van der Waals surface area (Å²) in [7, 11) is 0. The molecule has 0 spiro atoms. The Labute approximate surface area is 157 Å². The Bertz CT molecular complexity index is 879. The van der Waals surface area contributed by atoms with Crippen LogP contribution in [0.15, 0.2) is 89.8 Å². The Morgan fingerprint density at radius 1 is 0.808 bits per heavy atom. The number of benzene rings is 3. The van der Waals surface area contributed by atoms with Gasteiger partial charge in [-0.3, -0.25) is 9.59 Å². The Hall–Kier alpha value is -2.85. The lowest BCUT2D eigenvalue weighted by molar-refractivity contribution is -0.115. The van der Waals surface area contributed by atoms with Crippen LogP contribution in [-0.4, -0.2) is 17.4 Å². The van der Waals surface area contributed by atoms with Crippen LogP contribution in [0, 0.1) is 0 Å². The zero-order valence-electron chi connectivity index (χ0n) is 14.2. The van der Waals surface area contributed by atoms with Crippen molar-refractivity contribution >= 4 is 29.1 Å². The van der Waals surface area contributed by atoms with E-state index < -0.39 is 0 Å². The van der Waals surface area contributed by atoms with Gasteiger partial charge in [-0.25, -0.2) is 0 Å². The van der Waals surface area contributed by atoms with E-state index in [1.807, 2.05) is 84.9 Å². The van der Waals surface area contributed by atoms with Crippen molar-refractivity contribution in [3.8, 4) is 0 Å². The molecule has 0 aromatic heterocycles. The minimum absolute atomic E-state index is 0.0567. The van der Waals surface area contributed by atoms with Gasteiger partial charge in [0.05, 0.1) is 12.2 Å². The van der Waals surface area contributed by atoms with Gasteiger partial charge in [0.2, 0.25) is 5.91 Å². The fraction of sp³-hybridized carbons (Fsp3) is 0.0909. The summed E-state index contributed by atoms with van der Waals surface area (Å²) in [5.41, 5.74) is 2.43. The van der Waals surface area contributed by atoms with Gasteiger partial charge in [-0.1, -0.05) is 66.7 Å². The van der Waals surface area contributed by atoms with Crippen LogP contribution in [0.3, 0.4) is 0 Å². The number of nitrogens with one attached hydrogen (secondary N) is 1. The average molecular weight is 361 g/mol. The highest BCUT2D eigenvalue weighted by molar-refractivity contribution is 8.00. The molecular weight excluding hydrogens is 342 g/mol. The number of Topliss-reactive ketones (excluding diaryl/α,β-unsaturated/α-hetero) is 1. The quantitative estimate of drug-likeness (QED) is 0.484. The number of carbonyl (C=O) groups is 2. The highest BCUT2D eigenvalue weighted by Crippen LogP contribution is 2.23. The van der Waals surface area contributed by atoms with Crippen molar-refractivity contribution in [2.75, 3.05) is 11.1 Å². The van der Waals surface area contributed by atoms with Crippen LogP contribution in [-0.2, 0) is 11.2 Å². The highest BCUT2D eigenvalue weighted by atomic mass is 32.2. The normalized spacial score (nSPS) is 10.3. The first-order valence-corrected chi connectivity index (χ1v) is 9.34. The average Bonchev–Trinajstić information content (AvgIpc) is 2.68. The Balaban J connectivity index is 1.56. The third-order valence-electron chi connectivity index (χ3n) is 3.79. The van der Waals surface area contributed by atoms with Crippen LogP contribution in [0.25, 0.3) is 0 Å². The van der Waals surface area contributed by atoms with Crippen molar-refractivity contribution in [1.82, 2.24) is 0 Å². The van der Waals surface area contributed by atoms with Crippen LogP contribution < -0.4 is 5.32 Å². The molecule has 1 amide bonds. The minimum atomic E-state index is -0.0567. The van der Waals surface area contributed by atoms with Gasteiger partial charge in [0.25, 0.3) is 0 Å². The summed E-state index contributed by atoms with van der Waals surface area (Å²) in [4.78, 5) is 25.3. The Morgan fingerprint density at radius 3 is 2.23 bits per heavy atom.